The Morgan fingerprint density at radius 3 is 2.00 bits per heavy atom. The van der Waals surface area contributed by atoms with Crippen molar-refractivity contribution in [2.24, 2.45) is 17.8 Å². The number of carboxylic acid groups (broad SMARTS) is 1. The van der Waals surface area contributed by atoms with Gasteiger partial charge in [0.05, 0.1) is 5.56 Å². The molecule has 0 saturated heterocycles. The molecule has 0 heterocycles. The van der Waals surface area contributed by atoms with Gasteiger partial charge in [0, 0.05) is 22.6 Å². The maximum absolute atomic E-state index is 13.0. The third-order valence-electron chi connectivity index (χ3n) is 7.98. The molecule has 0 aliphatic heterocycles. The van der Waals surface area contributed by atoms with Crippen molar-refractivity contribution < 1.29 is 14.7 Å². The molecule has 3 N–H and O–H groups in total. The van der Waals surface area contributed by atoms with Crippen molar-refractivity contribution in [3.63, 3.8) is 0 Å². The molecule has 5 nitrogen and oxygen atoms in total. The highest BCUT2D eigenvalue weighted by atomic mass is 16.4. The summed E-state index contributed by atoms with van der Waals surface area (Å²) in [4.78, 5) is 24.2. The van der Waals surface area contributed by atoms with Gasteiger partial charge < -0.3 is 15.7 Å². The van der Waals surface area contributed by atoms with E-state index >= 15 is 0 Å². The minimum absolute atomic E-state index is 0.182. The van der Waals surface area contributed by atoms with E-state index in [0.717, 1.165) is 23.4 Å². The van der Waals surface area contributed by atoms with Gasteiger partial charge in [0.25, 0.3) is 5.91 Å². The fourth-order valence-corrected chi connectivity index (χ4v) is 6.62. The van der Waals surface area contributed by atoms with Crippen LogP contribution < -0.4 is 10.6 Å². The van der Waals surface area contributed by atoms with Gasteiger partial charge in [-0.2, -0.15) is 0 Å². The van der Waals surface area contributed by atoms with Gasteiger partial charge in [-0.15, -0.1) is 0 Å². The molecule has 2 bridgehead atoms. The van der Waals surface area contributed by atoms with E-state index in [0.29, 0.717) is 16.9 Å². The summed E-state index contributed by atoms with van der Waals surface area (Å²) in [6, 6.07) is 22.2. The van der Waals surface area contributed by atoms with Crippen LogP contribution in [0.15, 0.2) is 72.8 Å². The van der Waals surface area contributed by atoms with Crippen LogP contribution in [0, 0.1) is 17.8 Å². The molecule has 5 rings (SSSR count). The van der Waals surface area contributed by atoms with E-state index in [-0.39, 0.29) is 16.9 Å². The molecule has 0 aromatic heterocycles. The van der Waals surface area contributed by atoms with E-state index < -0.39 is 5.97 Å². The molecule has 0 radical (unpaired) electrons. The van der Waals surface area contributed by atoms with Gasteiger partial charge in [-0.3, -0.25) is 4.79 Å². The summed E-state index contributed by atoms with van der Waals surface area (Å²) in [5.41, 5.74) is 4.47. The van der Waals surface area contributed by atoms with E-state index in [2.05, 4.69) is 36.6 Å². The first-order valence-electron chi connectivity index (χ1n) is 12.9. The van der Waals surface area contributed by atoms with Crippen molar-refractivity contribution in [3.05, 3.63) is 89.5 Å². The summed E-state index contributed by atoms with van der Waals surface area (Å²) < 4.78 is 0. The van der Waals surface area contributed by atoms with Crippen molar-refractivity contribution >= 4 is 28.9 Å². The number of hydrogen-bond donors (Lipinski definition) is 3. The number of amides is 1. The number of carbonyl (C=O) groups excluding carboxylic acids is 1. The second kappa shape index (κ2) is 9.81. The van der Waals surface area contributed by atoms with Crippen molar-refractivity contribution in [2.75, 3.05) is 10.6 Å². The van der Waals surface area contributed by atoms with E-state index in [4.69, 9.17) is 0 Å². The van der Waals surface area contributed by atoms with E-state index in [1.807, 2.05) is 24.3 Å². The molecular formula is C31H34N2O3. The first-order chi connectivity index (χ1) is 17.3. The summed E-state index contributed by atoms with van der Waals surface area (Å²) in [5, 5.41) is 15.4. The van der Waals surface area contributed by atoms with Crippen LogP contribution in [0.1, 0.15) is 72.2 Å². The van der Waals surface area contributed by atoms with Gasteiger partial charge in [-0.05, 0) is 109 Å². The van der Waals surface area contributed by atoms with Gasteiger partial charge in [0.1, 0.15) is 0 Å². The molecule has 2 aliphatic rings. The fourth-order valence-electron chi connectivity index (χ4n) is 6.62. The molecule has 0 spiro atoms. The lowest BCUT2D eigenvalue weighted by Gasteiger charge is -2.47. The first-order valence-corrected chi connectivity index (χ1v) is 12.9. The third kappa shape index (κ3) is 5.30. The topological polar surface area (TPSA) is 78.4 Å². The van der Waals surface area contributed by atoms with Crippen LogP contribution in [0.3, 0.4) is 0 Å². The number of nitrogens with one attached hydrogen (secondary N) is 2. The van der Waals surface area contributed by atoms with Crippen LogP contribution in [-0.2, 0) is 5.41 Å². The SMILES string of the molecule is CC1CC2CC(C1)CC(C)(c1ccc(NC(=O)c3cccc(Nc4cccc(C(=O)O)c4)c3)cc1)C2. The summed E-state index contributed by atoms with van der Waals surface area (Å²) >= 11 is 0. The molecular weight excluding hydrogens is 448 g/mol. The van der Waals surface area contributed by atoms with E-state index in [1.54, 1.807) is 36.4 Å². The van der Waals surface area contributed by atoms with Gasteiger partial charge in [-0.25, -0.2) is 4.79 Å². The molecule has 186 valence electrons. The lowest BCUT2D eigenvalue weighted by Crippen LogP contribution is -2.38. The summed E-state index contributed by atoms with van der Waals surface area (Å²) in [5.74, 6) is 1.37. The Kier molecular flexibility index (Phi) is 6.57. The van der Waals surface area contributed by atoms with E-state index in [1.165, 1.54) is 37.7 Å². The molecule has 2 unspecified atom stereocenters. The van der Waals surface area contributed by atoms with Gasteiger partial charge in [0.15, 0.2) is 0 Å². The molecule has 2 fully saturated rings. The number of carboxylic acids is 1. The largest absolute Gasteiger partial charge is 0.478 e. The Hall–Kier alpha value is -3.60. The number of hydrogen-bond acceptors (Lipinski definition) is 3. The number of carbonyl (C=O) groups is 2. The number of rotatable bonds is 6. The molecule has 2 saturated carbocycles. The molecule has 36 heavy (non-hydrogen) atoms. The Morgan fingerprint density at radius 1 is 0.806 bits per heavy atom. The zero-order chi connectivity index (χ0) is 25.3. The second-order valence-electron chi connectivity index (χ2n) is 11.1. The molecule has 5 heteroatoms. The maximum Gasteiger partial charge on any atom is 0.335 e. The summed E-state index contributed by atoms with van der Waals surface area (Å²) in [6.45, 7) is 4.82. The summed E-state index contributed by atoms with van der Waals surface area (Å²) in [6.07, 6.45) is 6.63. The Labute approximate surface area is 212 Å². The van der Waals surface area contributed by atoms with Crippen LogP contribution >= 0.6 is 0 Å². The maximum atomic E-state index is 13.0. The number of fused-ring (bicyclic) bond motifs is 2. The zero-order valence-corrected chi connectivity index (χ0v) is 21.0. The number of aromatic carboxylic acids is 1. The summed E-state index contributed by atoms with van der Waals surface area (Å²) in [7, 11) is 0. The van der Waals surface area contributed by atoms with Crippen molar-refractivity contribution in [3.8, 4) is 0 Å². The van der Waals surface area contributed by atoms with E-state index in [9.17, 15) is 14.7 Å². The molecule has 2 aliphatic carbocycles. The molecule has 1 amide bonds. The van der Waals surface area contributed by atoms with Crippen molar-refractivity contribution in [1.82, 2.24) is 0 Å². The predicted octanol–water partition coefficient (Wildman–Crippen LogP) is 7.48. The highest BCUT2D eigenvalue weighted by Gasteiger charge is 2.41. The highest BCUT2D eigenvalue weighted by Crippen LogP contribution is 2.51. The predicted molar refractivity (Wildman–Crippen MR) is 144 cm³/mol. The number of benzene rings is 3. The Bertz CT molecular complexity index is 1250. The minimum atomic E-state index is -0.979. The van der Waals surface area contributed by atoms with Crippen molar-refractivity contribution in [2.45, 2.75) is 51.4 Å². The normalized spacial score (nSPS) is 25.1. The quantitative estimate of drug-likeness (QED) is 0.340. The van der Waals surface area contributed by atoms with Crippen LogP contribution in [0.5, 0.6) is 0 Å². The number of anilines is 3. The van der Waals surface area contributed by atoms with Gasteiger partial charge in [0.2, 0.25) is 0 Å². The Balaban J connectivity index is 1.25. The Morgan fingerprint density at radius 2 is 1.39 bits per heavy atom. The van der Waals surface area contributed by atoms with Crippen LogP contribution in [0.2, 0.25) is 0 Å². The average Bonchev–Trinajstić information content (AvgIpc) is 2.84. The van der Waals surface area contributed by atoms with Gasteiger partial charge in [-0.1, -0.05) is 38.1 Å². The standard InChI is InChI=1S/C31H34N2O3/c1-20-13-21-15-22(14-20)19-31(2,18-21)25-9-11-26(12-10-25)33-29(34)23-5-3-7-27(16-23)32-28-8-4-6-24(17-28)30(35)36/h3-12,16-17,20-22,32H,13-15,18-19H2,1-2H3,(H,33,34)(H,35,36). The average molecular weight is 483 g/mol. The minimum Gasteiger partial charge on any atom is -0.478 e. The monoisotopic (exact) mass is 482 g/mol. The first kappa shape index (κ1) is 24.1. The lowest BCUT2D eigenvalue weighted by atomic mass is 9.57. The molecule has 3 aromatic carbocycles. The smallest absolute Gasteiger partial charge is 0.335 e. The van der Waals surface area contributed by atoms with Crippen LogP contribution in [0.4, 0.5) is 17.1 Å². The highest BCUT2D eigenvalue weighted by molar-refractivity contribution is 6.04. The zero-order valence-electron chi connectivity index (χ0n) is 21.0. The fraction of sp³-hybridized carbons (Fsp3) is 0.355. The lowest BCUT2D eigenvalue weighted by molar-refractivity contribution is 0.0696. The van der Waals surface area contributed by atoms with Crippen molar-refractivity contribution in [1.29, 1.82) is 0 Å². The van der Waals surface area contributed by atoms with Gasteiger partial charge >= 0.3 is 5.97 Å². The molecule has 2 atom stereocenters. The third-order valence-corrected chi connectivity index (χ3v) is 7.98. The second-order valence-corrected chi connectivity index (χ2v) is 11.1. The van der Waals surface area contributed by atoms with Crippen LogP contribution in [0.25, 0.3) is 0 Å². The van der Waals surface area contributed by atoms with Crippen LogP contribution in [-0.4, -0.2) is 17.0 Å². The molecule has 3 aromatic rings.